The Bertz CT molecular complexity index is 1450. The van der Waals surface area contributed by atoms with E-state index in [1.165, 1.54) is 12.1 Å². The zero-order valence-corrected chi connectivity index (χ0v) is 23.5. The Labute approximate surface area is 236 Å². The van der Waals surface area contributed by atoms with E-state index in [1.54, 1.807) is 27.0 Å². The van der Waals surface area contributed by atoms with Gasteiger partial charge in [0.15, 0.2) is 0 Å². The molecule has 1 saturated heterocycles. The van der Waals surface area contributed by atoms with E-state index in [0.29, 0.717) is 60.4 Å². The highest BCUT2D eigenvalue weighted by molar-refractivity contribution is 6.04. The fraction of sp³-hybridized carbons (Fsp3) is 0.367. The van der Waals surface area contributed by atoms with Crippen molar-refractivity contribution in [3.8, 4) is 23.0 Å². The van der Waals surface area contributed by atoms with E-state index in [2.05, 4.69) is 32.0 Å². The molecule has 7 nitrogen and oxygen atoms in total. The van der Waals surface area contributed by atoms with Crippen LogP contribution in [-0.4, -0.2) is 52.9 Å². The summed E-state index contributed by atoms with van der Waals surface area (Å²) < 4.78 is 59.4. The fourth-order valence-electron chi connectivity index (χ4n) is 3.95. The summed E-state index contributed by atoms with van der Waals surface area (Å²) in [5, 5.41) is 12.4. The minimum absolute atomic E-state index is 0.204. The Morgan fingerprint density at radius 2 is 1.78 bits per heavy atom. The number of rotatable bonds is 4. The van der Waals surface area contributed by atoms with Crippen molar-refractivity contribution >= 4 is 17.3 Å². The van der Waals surface area contributed by atoms with Crippen molar-refractivity contribution in [3.63, 3.8) is 0 Å². The Kier molecular flexibility index (Phi) is 10.1. The quantitative estimate of drug-likeness (QED) is 0.302. The number of aryl methyl sites for hydroxylation is 1. The van der Waals surface area contributed by atoms with Gasteiger partial charge in [-0.2, -0.15) is 13.2 Å². The zero-order valence-electron chi connectivity index (χ0n) is 23.5. The topological polar surface area (TPSA) is 87.6 Å². The summed E-state index contributed by atoms with van der Waals surface area (Å²) in [6.07, 6.45) is -2.30. The predicted octanol–water partition coefficient (Wildman–Crippen LogP) is 5.85. The average molecular weight is 573 g/mol. The molecule has 1 aromatic carbocycles. The standard InChI is InChI=1S/C28H26F4N4O3.C2H6/c1-17-12-21(29)23(35-26(37)18-5-7-33-25(14-18)28(30,31)32)15-20(17)19-13-24(36-8-10-39-11-9-36)22(34-16-19)4-6-27(2,3)38;1-2/h5,7,12-16,38H,8-11H2,1-3H3,(H,35,37);1-2H3. The highest BCUT2D eigenvalue weighted by atomic mass is 19.4. The maximum absolute atomic E-state index is 14.9. The van der Waals surface area contributed by atoms with E-state index in [-0.39, 0.29) is 11.3 Å². The van der Waals surface area contributed by atoms with Crippen LogP contribution in [0.15, 0.2) is 42.7 Å². The molecule has 41 heavy (non-hydrogen) atoms. The Morgan fingerprint density at radius 1 is 1.10 bits per heavy atom. The van der Waals surface area contributed by atoms with Crippen molar-refractivity contribution < 1.29 is 32.2 Å². The molecular formula is C30H32F4N4O3. The number of hydrogen-bond acceptors (Lipinski definition) is 6. The van der Waals surface area contributed by atoms with E-state index in [4.69, 9.17) is 4.74 Å². The van der Waals surface area contributed by atoms with Gasteiger partial charge in [-0.1, -0.05) is 19.8 Å². The molecular weight excluding hydrogens is 540 g/mol. The second-order valence-electron chi connectivity index (χ2n) is 9.53. The minimum Gasteiger partial charge on any atom is -0.378 e. The Hall–Kier alpha value is -4.01. The van der Waals surface area contributed by atoms with E-state index >= 15 is 0 Å². The number of carbonyl (C=O) groups is 1. The molecule has 11 heteroatoms. The number of hydrogen-bond donors (Lipinski definition) is 2. The lowest BCUT2D eigenvalue weighted by atomic mass is 9.99. The van der Waals surface area contributed by atoms with Crippen molar-refractivity contribution in [1.82, 2.24) is 9.97 Å². The van der Waals surface area contributed by atoms with Gasteiger partial charge in [0.25, 0.3) is 5.91 Å². The van der Waals surface area contributed by atoms with Crippen LogP contribution in [0.2, 0.25) is 0 Å². The number of pyridine rings is 2. The van der Waals surface area contributed by atoms with Crippen LogP contribution >= 0.6 is 0 Å². The maximum atomic E-state index is 14.9. The lowest BCUT2D eigenvalue weighted by Crippen LogP contribution is -2.36. The van der Waals surface area contributed by atoms with E-state index in [0.717, 1.165) is 12.3 Å². The minimum atomic E-state index is -4.73. The van der Waals surface area contributed by atoms with Crippen LogP contribution in [0, 0.1) is 24.6 Å². The normalized spacial score (nSPS) is 13.5. The molecule has 0 aliphatic carbocycles. The van der Waals surface area contributed by atoms with Gasteiger partial charge in [0.05, 0.1) is 24.6 Å². The lowest BCUT2D eigenvalue weighted by Gasteiger charge is -2.29. The number of anilines is 2. The van der Waals surface area contributed by atoms with Gasteiger partial charge in [-0.3, -0.25) is 9.78 Å². The third-order valence-corrected chi connectivity index (χ3v) is 5.89. The van der Waals surface area contributed by atoms with Gasteiger partial charge in [0, 0.05) is 36.6 Å². The highest BCUT2D eigenvalue weighted by Crippen LogP contribution is 2.33. The van der Waals surface area contributed by atoms with E-state index < -0.39 is 29.2 Å². The summed E-state index contributed by atoms with van der Waals surface area (Å²) in [7, 11) is 0. The van der Waals surface area contributed by atoms with Crippen molar-refractivity contribution in [3.05, 3.63) is 71.1 Å². The summed E-state index contributed by atoms with van der Waals surface area (Å²) in [4.78, 5) is 22.5. The molecule has 218 valence electrons. The first kappa shape index (κ1) is 31.5. The molecule has 3 heterocycles. The highest BCUT2D eigenvalue weighted by Gasteiger charge is 2.33. The molecule has 0 saturated carbocycles. The van der Waals surface area contributed by atoms with Crippen LogP contribution in [0.25, 0.3) is 11.1 Å². The molecule has 2 aromatic heterocycles. The Balaban J connectivity index is 0.00000226. The smallest absolute Gasteiger partial charge is 0.378 e. The van der Waals surface area contributed by atoms with Crippen LogP contribution in [0.4, 0.5) is 28.9 Å². The van der Waals surface area contributed by atoms with Crippen molar-refractivity contribution in [2.45, 2.75) is 46.4 Å². The molecule has 1 fully saturated rings. The molecule has 0 unspecified atom stereocenters. The molecule has 1 aliphatic heterocycles. The summed E-state index contributed by atoms with van der Waals surface area (Å²) in [6.45, 7) is 11.0. The third-order valence-electron chi connectivity index (χ3n) is 5.89. The number of aliphatic hydroxyl groups is 1. The maximum Gasteiger partial charge on any atom is 0.433 e. The number of carbonyl (C=O) groups excluding carboxylic acids is 1. The molecule has 3 aromatic rings. The number of nitrogens with zero attached hydrogens (tertiary/aromatic N) is 3. The fourth-order valence-corrected chi connectivity index (χ4v) is 3.95. The van der Waals surface area contributed by atoms with Crippen LogP contribution in [0.3, 0.4) is 0 Å². The van der Waals surface area contributed by atoms with Gasteiger partial charge in [-0.25, -0.2) is 9.37 Å². The van der Waals surface area contributed by atoms with Gasteiger partial charge < -0.3 is 20.1 Å². The number of halogens is 4. The number of benzene rings is 1. The predicted molar refractivity (Wildman–Crippen MR) is 149 cm³/mol. The van der Waals surface area contributed by atoms with Crippen LogP contribution in [0.5, 0.6) is 0 Å². The SMILES string of the molecule is CC.Cc1cc(F)c(NC(=O)c2ccnc(C(F)(F)F)c2)cc1-c1cnc(C#CC(C)(C)O)c(N2CCOCC2)c1. The average Bonchev–Trinajstić information content (AvgIpc) is 2.94. The van der Waals surface area contributed by atoms with Crippen molar-refractivity contribution in [2.75, 3.05) is 36.5 Å². The van der Waals surface area contributed by atoms with Crippen molar-refractivity contribution in [1.29, 1.82) is 0 Å². The second kappa shape index (κ2) is 13.1. The van der Waals surface area contributed by atoms with E-state index in [9.17, 15) is 27.5 Å². The van der Waals surface area contributed by atoms with Gasteiger partial charge in [0.2, 0.25) is 0 Å². The number of aromatic nitrogens is 2. The van der Waals surface area contributed by atoms with Crippen LogP contribution in [-0.2, 0) is 10.9 Å². The lowest BCUT2D eigenvalue weighted by molar-refractivity contribution is -0.141. The largest absolute Gasteiger partial charge is 0.433 e. The molecule has 2 N–H and O–H groups in total. The number of amides is 1. The van der Waals surface area contributed by atoms with Crippen molar-refractivity contribution in [2.24, 2.45) is 0 Å². The first-order chi connectivity index (χ1) is 19.3. The zero-order chi connectivity index (χ0) is 30.4. The van der Waals surface area contributed by atoms with Gasteiger partial charge in [-0.05, 0) is 68.2 Å². The first-order valence-corrected chi connectivity index (χ1v) is 13.1. The molecule has 0 spiro atoms. The molecule has 4 rings (SSSR count). The molecule has 0 radical (unpaired) electrons. The monoisotopic (exact) mass is 572 g/mol. The van der Waals surface area contributed by atoms with Gasteiger partial charge in [0.1, 0.15) is 22.8 Å². The van der Waals surface area contributed by atoms with Crippen LogP contribution in [0.1, 0.15) is 55.0 Å². The summed E-state index contributed by atoms with van der Waals surface area (Å²) in [5.74, 6) is 4.03. The second-order valence-corrected chi connectivity index (χ2v) is 9.53. The summed E-state index contributed by atoms with van der Waals surface area (Å²) in [5.41, 5.74) is -0.0856. The Morgan fingerprint density at radius 3 is 2.41 bits per heavy atom. The summed E-state index contributed by atoms with van der Waals surface area (Å²) in [6, 6.07) is 6.21. The molecule has 1 aliphatic rings. The van der Waals surface area contributed by atoms with Crippen LogP contribution < -0.4 is 10.2 Å². The molecule has 1 amide bonds. The third kappa shape index (κ3) is 8.25. The number of ether oxygens (including phenoxy) is 1. The van der Waals surface area contributed by atoms with Gasteiger partial charge >= 0.3 is 6.18 Å². The number of morpholine rings is 1. The number of nitrogens with one attached hydrogen (secondary N) is 1. The molecule has 0 atom stereocenters. The summed E-state index contributed by atoms with van der Waals surface area (Å²) >= 11 is 0. The first-order valence-electron chi connectivity index (χ1n) is 13.1. The number of alkyl halides is 3. The van der Waals surface area contributed by atoms with Gasteiger partial charge in [-0.15, -0.1) is 0 Å². The molecule has 0 bridgehead atoms. The van der Waals surface area contributed by atoms with E-state index in [1.807, 2.05) is 19.9 Å².